The average molecular weight is 408 g/mol. The summed E-state index contributed by atoms with van der Waals surface area (Å²) in [5.41, 5.74) is 2.41. The van der Waals surface area contributed by atoms with E-state index in [0.717, 1.165) is 17.1 Å². The fourth-order valence-electron chi connectivity index (χ4n) is 2.85. The van der Waals surface area contributed by atoms with Crippen LogP contribution in [0.3, 0.4) is 0 Å². The number of hydrogen-bond acceptors (Lipinski definition) is 8. The molecule has 0 amide bonds. The first-order valence-electron chi connectivity index (χ1n) is 8.91. The highest BCUT2D eigenvalue weighted by atomic mass is 19.1. The number of rotatable bonds is 6. The molecule has 0 aliphatic rings. The molecule has 4 N–H and O–H groups in total. The molecule has 0 spiro atoms. The number of aromatic nitrogens is 4. The molecular weight excluding hydrogens is 391 g/mol. The number of carbonyl (C=O) groups is 1. The molecule has 0 bridgehead atoms. The molecule has 0 radical (unpaired) electrons. The minimum absolute atomic E-state index is 0.0327. The van der Waals surface area contributed by atoms with Crippen molar-refractivity contribution in [1.82, 2.24) is 20.2 Å². The van der Waals surface area contributed by atoms with Crippen LogP contribution in [0, 0.1) is 5.82 Å². The van der Waals surface area contributed by atoms with Gasteiger partial charge >= 0.3 is 5.97 Å². The van der Waals surface area contributed by atoms with Crippen molar-refractivity contribution in [2.24, 2.45) is 0 Å². The lowest BCUT2D eigenvalue weighted by Gasteiger charge is -2.10. The number of carbonyl (C=O) groups excluding carboxylic acids is 1. The van der Waals surface area contributed by atoms with Crippen molar-refractivity contribution < 1.29 is 19.0 Å². The number of benzene rings is 2. The molecule has 9 nitrogen and oxygen atoms in total. The first-order valence-corrected chi connectivity index (χ1v) is 8.91. The SMILES string of the molecule is COC(=O)Cc1n[nH]c2ccc(Nc3ncc(F)c(Nc4cccc(O)c4)n3)cc12. The van der Waals surface area contributed by atoms with E-state index in [-0.39, 0.29) is 23.9 Å². The summed E-state index contributed by atoms with van der Waals surface area (Å²) in [7, 11) is 1.32. The smallest absolute Gasteiger partial charge is 0.311 e. The third-order valence-electron chi connectivity index (χ3n) is 4.29. The maximum absolute atomic E-state index is 14.1. The Morgan fingerprint density at radius 2 is 2.03 bits per heavy atom. The van der Waals surface area contributed by atoms with E-state index < -0.39 is 11.8 Å². The van der Waals surface area contributed by atoms with Gasteiger partial charge in [-0.15, -0.1) is 0 Å². The van der Waals surface area contributed by atoms with Crippen molar-refractivity contribution in [1.29, 1.82) is 0 Å². The van der Waals surface area contributed by atoms with Gasteiger partial charge in [-0.2, -0.15) is 10.1 Å². The van der Waals surface area contributed by atoms with E-state index in [2.05, 4.69) is 30.8 Å². The van der Waals surface area contributed by atoms with Crippen LogP contribution in [0.25, 0.3) is 10.9 Å². The van der Waals surface area contributed by atoms with Gasteiger partial charge in [0.25, 0.3) is 0 Å². The number of esters is 1. The predicted molar refractivity (Wildman–Crippen MR) is 108 cm³/mol. The third-order valence-corrected chi connectivity index (χ3v) is 4.29. The number of aromatic amines is 1. The molecule has 10 heteroatoms. The summed E-state index contributed by atoms with van der Waals surface area (Å²) in [6.07, 6.45) is 1.07. The number of anilines is 4. The molecule has 0 fully saturated rings. The van der Waals surface area contributed by atoms with Crippen LogP contribution in [0.2, 0.25) is 0 Å². The molecule has 0 aliphatic heterocycles. The van der Waals surface area contributed by atoms with Crippen LogP contribution in [0.4, 0.5) is 27.5 Å². The van der Waals surface area contributed by atoms with E-state index in [1.807, 2.05) is 0 Å². The number of ether oxygens (including phenoxy) is 1. The van der Waals surface area contributed by atoms with Gasteiger partial charge in [-0.1, -0.05) is 6.07 Å². The number of nitrogens with one attached hydrogen (secondary N) is 3. The molecule has 2 aromatic carbocycles. The van der Waals surface area contributed by atoms with Crippen LogP contribution >= 0.6 is 0 Å². The lowest BCUT2D eigenvalue weighted by Crippen LogP contribution is -2.05. The molecule has 0 aliphatic carbocycles. The molecule has 2 aromatic heterocycles. The van der Waals surface area contributed by atoms with E-state index in [0.29, 0.717) is 17.1 Å². The number of phenolic OH excluding ortho intramolecular Hbond substituents is 1. The second kappa shape index (κ2) is 8.03. The fourth-order valence-corrected chi connectivity index (χ4v) is 2.85. The summed E-state index contributed by atoms with van der Waals surface area (Å²) in [5, 5.41) is 23.1. The highest BCUT2D eigenvalue weighted by Gasteiger charge is 2.13. The third kappa shape index (κ3) is 4.12. The molecule has 4 rings (SSSR count). The molecule has 0 unspecified atom stereocenters. The first-order chi connectivity index (χ1) is 14.5. The van der Waals surface area contributed by atoms with Crippen molar-refractivity contribution in [2.75, 3.05) is 17.7 Å². The van der Waals surface area contributed by atoms with Gasteiger partial charge in [-0.25, -0.2) is 9.37 Å². The van der Waals surface area contributed by atoms with E-state index in [9.17, 15) is 14.3 Å². The number of phenols is 1. The molecular formula is C20H17FN6O3. The number of halogens is 1. The maximum Gasteiger partial charge on any atom is 0.311 e. The highest BCUT2D eigenvalue weighted by molar-refractivity contribution is 5.88. The van der Waals surface area contributed by atoms with Crippen molar-refractivity contribution in [2.45, 2.75) is 6.42 Å². The molecule has 2 heterocycles. The molecule has 4 aromatic rings. The van der Waals surface area contributed by atoms with Crippen molar-refractivity contribution >= 4 is 40.0 Å². The van der Waals surface area contributed by atoms with E-state index >= 15 is 0 Å². The second-order valence-electron chi connectivity index (χ2n) is 6.37. The van der Waals surface area contributed by atoms with Crippen molar-refractivity contribution in [3.63, 3.8) is 0 Å². The Hall–Kier alpha value is -4.21. The monoisotopic (exact) mass is 408 g/mol. The molecule has 0 saturated carbocycles. The Bertz CT molecular complexity index is 1230. The standard InChI is InChI=1S/C20H17FN6O3/c1-30-18(29)9-17-14-8-12(5-6-16(14)26-27-17)24-20-22-10-15(21)19(25-20)23-11-3-2-4-13(28)7-11/h2-8,10,28H,9H2,1H3,(H,26,27)(H2,22,23,24,25). The summed E-state index contributed by atoms with van der Waals surface area (Å²) in [6.45, 7) is 0. The fraction of sp³-hybridized carbons (Fsp3) is 0.100. The van der Waals surface area contributed by atoms with Gasteiger partial charge in [0, 0.05) is 22.8 Å². The number of nitrogens with zero attached hydrogens (tertiary/aromatic N) is 3. The minimum Gasteiger partial charge on any atom is -0.508 e. The number of aromatic hydroxyl groups is 1. The van der Waals surface area contributed by atoms with Crippen LogP contribution in [-0.4, -0.2) is 38.4 Å². The Kier molecular flexibility index (Phi) is 5.12. The Morgan fingerprint density at radius 1 is 1.20 bits per heavy atom. The van der Waals surface area contributed by atoms with Gasteiger partial charge in [-0.3, -0.25) is 9.89 Å². The van der Waals surface area contributed by atoms with E-state index in [1.165, 1.54) is 19.2 Å². The zero-order chi connectivity index (χ0) is 21.1. The van der Waals surface area contributed by atoms with Crippen LogP contribution in [0.15, 0.2) is 48.7 Å². The largest absolute Gasteiger partial charge is 0.508 e. The summed E-state index contributed by atoms with van der Waals surface area (Å²) < 4.78 is 18.8. The summed E-state index contributed by atoms with van der Waals surface area (Å²) in [6, 6.07) is 11.6. The van der Waals surface area contributed by atoms with Gasteiger partial charge in [-0.05, 0) is 30.3 Å². The van der Waals surface area contributed by atoms with Crippen LogP contribution in [0.5, 0.6) is 5.75 Å². The second-order valence-corrected chi connectivity index (χ2v) is 6.37. The van der Waals surface area contributed by atoms with Crippen molar-refractivity contribution in [3.05, 3.63) is 60.2 Å². The molecule has 0 atom stereocenters. The highest BCUT2D eigenvalue weighted by Crippen LogP contribution is 2.25. The van der Waals surface area contributed by atoms with Gasteiger partial charge < -0.3 is 20.5 Å². The lowest BCUT2D eigenvalue weighted by atomic mass is 10.1. The molecule has 30 heavy (non-hydrogen) atoms. The van der Waals surface area contributed by atoms with Gasteiger partial charge in [0.1, 0.15) is 5.75 Å². The zero-order valence-electron chi connectivity index (χ0n) is 15.8. The van der Waals surface area contributed by atoms with Gasteiger partial charge in [0.2, 0.25) is 5.95 Å². The quantitative estimate of drug-likeness (QED) is 0.358. The van der Waals surface area contributed by atoms with E-state index in [4.69, 9.17) is 4.74 Å². The Balaban J connectivity index is 1.58. The lowest BCUT2D eigenvalue weighted by molar-refractivity contribution is -0.139. The van der Waals surface area contributed by atoms with Crippen LogP contribution in [0.1, 0.15) is 5.69 Å². The summed E-state index contributed by atoms with van der Waals surface area (Å²) >= 11 is 0. The number of fused-ring (bicyclic) bond motifs is 1. The zero-order valence-corrected chi connectivity index (χ0v) is 15.8. The number of hydrogen-bond donors (Lipinski definition) is 4. The Morgan fingerprint density at radius 3 is 2.83 bits per heavy atom. The van der Waals surface area contributed by atoms with Crippen LogP contribution < -0.4 is 10.6 Å². The van der Waals surface area contributed by atoms with Gasteiger partial charge in [0.05, 0.1) is 30.9 Å². The summed E-state index contributed by atoms with van der Waals surface area (Å²) in [5.74, 6) is -0.880. The molecule has 0 saturated heterocycles. The predicted octanol–water partition coefficient (Wildman–Crippen LogP) is 3.40. The first kappa shape index (κ1) is 19.1. The van der Waals surface area contributed by atoms with Crippen LogP contribution in [-0.2, 0) is 16.0 Å². The van der Waals surface area contributed by atoms with Crippen molar-refractivity contribution in [3.8, 4) is 5.75 Å². The Labute approximate surface area is 169 Å². The van der Waals surface area contributed by atoms with E-state index in [1.54, 1.807) is 30.3 Å². The summed E-state index contributed by atoms with van der Waals surface area (Å²) in [4.78, 5) is 19.7. The normalized spacial score (nSPS) is 10.7. The number of methoxy groups -OCH3 is 1. The maximum atomic E-state index is 14.1. The number of H-pyrrole nitrogens is 1. The average Bonchev–Trinajstić information content (AvgIpc) is 3.12. The molecule has 152 valence electrons. The van der Waals surface area contributed by atoms with Gasteiger partial charge in [0.15, 0.2) is 11.6 Å². The topological polar surface area (TPSA) is 125 Å². The minimum atomic E-state index is -0.644.